The first-order chi connectivity index (χ1) is 19.7. The fraction of sp³-hybridized carbons (Fsp3) is 0.0571. The molecular formula is C35H25N3OS. The average molecular weight is 536 g/mol. The van der Waals surface area contributed by atoms with Crippen molar-refractivity contribution in [2.75, 3.05) is 0 Å². The van der Waals surface area contributed by atoms with Crippen molar-refractivity contribution in [1.29, 1.82) is 0 Å². The fourth-order valence-electron chi connectivity index (χ4n) is 5.26. The highest BCUT2D eigenvalue weighted by molar-refractivity contribution is 7.26. The van der Waals surface area contributed by atoms with Crippen molar-refractivity contribution in [3.05, 3.63) is 131 Å². The summed E-state index contributed by atoms with van der Waals surface area (Å²) >= 11 is 1.76. The molecule has 0 bridgehead atoms. The van der Waals surface area contributed by atoms with E-state index in [1.807, 2.05) is 42.5 Å². The molecular weight excluding hydrogens is 510 g/mol. The second-order valence-corrected chi connectivity index (χ2v) is 10.8. The number of amidine groups is 2. The van der Waals surface area contributed by atoms with E-state index in [2.05, 4.69) is 85.4 Å². The first-order valence-corrected chi connectivity index (χ1v) is 14.0. The van der Waals surface area contributed by atoms with Gasteiger partial charge in [-0.25, -0.2) is 9.98 Å². The van der Waals surface area contributed by atoms with Gasteiger partial charge in [0.1, 0.15) is 11.2 Å². The monoisotopic (exact) mass is 535 g/mol. The number of hydrogen-bond acceptors (Lipinski definition) is 3. The van der Waals surface area contributed by atoms with Crippen molar-refractivity contribution in [2.24, 2.45) is 15.0 Å². The number of aliphatic imine (C=N–C) groups is 3. The maximum absolute atomic E-state index is 6.18. The molecule has 0 radical (unpaired) electrons. The normalized spacial score (nSPS) is 12.6. The molecule has 7 aromatic rings. The van der Waals surface area contributed by atoms with Crippen LogP contribution in [0.5, 0.6) is 0 Å². The second-order valence-electron chi connectivity index (χ2n) is 9.78. The lowest BCUT2D eigenvalue weighted by Crippen LogP contribution is -2.06. The first-order valence-electron chi connectivity index (χ1n) is 13.2. The van der Waals surface area contributed by atoms with Crippen molar-refractivity contribution in [3.8, 4) is 0 Å². The lowest BCUT2D eigenvalue weighted by molar-refractivity contribution is 0.669. The standard InChI is InChI=1S/C35H25N3OS/c1-22-18-19-29-28(20-22)32-26(14-9-16-30(32)39-29)34(36-2)38-35(37-21-23-10-4-3-5-11-23)27-15-8-13-25-24-12-6-7-17-31(24)40-33(25)27/h3-20H,2,21H2,1H3. The van der Waals surface area contributed by atoms with Gasteiger partial charge >= 0.3 is 0 Å². The molecule has 0 N–H and O–H groups in total. The second kappa shape index (κ2) is 10.0. The average Bonchev–Trinajstić information content (AvgIpc) is 3.56. The predicted octanol–water partition coefficient (Wildman–Crippen LogP) is 9.36. The summed E-state index contributed by atoms with van der Waals surface area (Å²) in [5, 5.41) is 4.46. The van der Waals surface area contributed by atoms with Gasteiger partial charge in [0.15, 0.2) is 11.7 Å². The summed E-state index contributed by atoms with van der Waals surface area (Å²) in [6.45, 7) is 6.51. The van der Waals surface area contributed by atoms with E-state index in [9.17, 15) is 0 Å². The molecule has 0 aliphatic rings. The van der Waals surface area contributed by atoms with Crippen LogP contribution >= 0.6 is 11.3 Å². The molecule has 2 aromatic heterocycles. The van der Waals surface area contributed by atoms with E-state index >= 15 is 0 Å². The first kappa shape index (κ1) is 24.2. The molecule has 5 heteroatoms. The Balaban J connectivity index is 1.46. The number of hydrogen-bond donors (Lipinski definition) is 0. The highest BCUT2D eigenvalue weighted by Crippen LogP contribution is 2.37. The van der Waals surface area contributed by atoms with Crippen molar-refractivity contribution >= 4 is 71.8 Å². The molecule has 0 unspecified atom stereocenters. The SMILES string of the molecule is C=NC(=NC(=NCc1ccccc1)c1cccc2c1sc1ccccc12)c1cccc2oc3ccc(C)cc3c12. The predicted molar refractivity (Wildman–Crippen MR) is 171 cm³/mol. The van der Waals surface area contributed by atoms with E-state index in [0.29, 0.717) is 18.2 Å². The van der Waals surface area contributed by atoms with Gasteiger partial charge in [-0.1, -0.05) is 84.4 Å². The van der Waals surface area contributed by atoms with Gasteiger partial charge in [0, 0.05) is 42.1 Å². The maximum Gasteiger partial charge on any atom is 0.161 e. The van der Waals surface area contributed by atoms with Gasteiger partial charge in [-0.05, 0) is 49.5 Å². The number of fused-ring (bicyclic) bond motifs is 6. The lowest BCUT2D eigenvalue weighted by Gasteiger charge is -2.08. The highest BCUT2D eigenvalue weighted by Gasteiger charge is 2.18. The Hall–Kier alpha value is -4.87. The number of rotatable bonds is 4. The summed E-state index contributed by atoms with van der Waals surface area (Å²) in [6, 6.07) is 37.3. The molecule has 192 valence electrons. The Kier molecular flexibility index (Phi) is 6.06. The molecule has 4 nitrogen and oxygen atoms in total. The van der Waals surface area contributed by atoms with Gasteiger partial charge in [0.2, 0.25) is 0 Å². The van der Waals surface area contributed by atoms with Crippen LogP contribution in [0.15, 0.2) is 129 Å². The number of nitrogens with zero attached hydrogens (tertiary/aromatic N) is 3. The Morgan fingerprint density at radius 2 is 1.50 bits per heavy atom. The van der Waals surface area contributed by atoms with E-state index < -0.39 is 0 Å². The Morgan fingerprint density at radius 1 is 0.725 bits per heavy atom. The summed E-state index contributed by atoms with van der Waals surface area (Å²) in [6.07, 6.45) is 0. The molecule has 0 saturated heterocycles. The third-order valence-electron chi connectivity index (χ3n) is 7.15. The van der Waals surface area contributed by atoms with Gasteiger partial charge in [-0.15, -0.1) is 11.3 Å². The van der Waals surface area contributed by atoms with Crippen LogP contribution < -0.4 is 0 Å². The van der Waals surface area contributed by atoms with Gasteiger partial charge < -0.3 is 4.42 Å². The van der Waals surface area contributed by atoms with Crippen molar-refractivity contribution in [1.82, 2.24) is 0 Å². The highest BCUT2D eigenvalue weighted by atomic mass is 32.1. The van der Waals surface area contributed by atoms with Crippen LogP contribution in [-0.2, 0) is 6.54 Å². The van der Waals surface area contributed by atoms with Crippen LogP contribution in [0.1, 0.15) is 22.3 Å². The summed E-state index contributed by atoms with van der Waals surface area (Å²) in [5.74, 6) is 1.14. The molecule has 0 saturated carbocycles. The quantitative estimate of drug-likeness (QED) is 0.164. The zero-order valence-electron chi connectivity index (χ0n) is 22.0. The largest absolute Gasteiger partial charge is 0.456 e. The molecule has 0 atom stereocenters. The molecule has 0 aliphatic carbocycles. The minimum atomic E-state index is 0.503. The Morgan fingerprint density at radius 3 is 2.38 bits per heavy atom. The third kappa shape index (κ3) is 4.21. The van der Waals surface area contributed by atoms with Crippen LogP contribution in [0.4, 0.5) is 0 Å². The van der Waals surface area contributed by atoms with Crippen LogP contribution in [0, 0.1) is 6.92 Å². The summed E-state index contributed by atoms with van der Waals surface area (Å²) in [7, 11) is 0. The van der Waals surface area contributed by atoms with Crippen LogP contribution in [0.2, 0.25) is 0 Å². The molecule has 5 aromatic carbocycles. The van der Waals surface area contributed by atoms with Crippen LogP contribution in [-0.4, -0.2) is 18.4 Å². The summed E-state index contributed by atoms with van der Waals surface area (Å²) in [5.41, 5.74) is 5.76. The van der Waals surface area contributed by atoms with E-state index in [-0.39, 0.29) is 0 Å². The lowest BCUT2D eigenvalue weighted by atomic mass is 10.0. The molecule has 2 heterocycles. The number of thiophene rings is 1. The molecule has 0 fully saturated rings. The van der Waals surface area contributed by atoms with Crippen molar-refractivity contribution in [3.63, 3.8) is 0 Å². The summed E-state index contributed by atoms with van der Waals surface area (Å²) in [4.78, 5) is 14.6. The fourth-order valence-corrected chi connectivity index (χ4v) is 6.47. The Labute approximate surface area is 235 Å². The van der Waals surface area contributed by atoms with Crippen molar-refractivity contribution < 1.29 is 4.42 Å². The van der Waals surface area contributed by atoms with E-state index in [1.165, 1.54) is 15.5 Å². The zero-order valence-corrected chi connectivity index (χ0v) is 22.8. The van der Waals surface area contributed by atoms with Gasteiger partial charge in [-0.2, -0.15) is 0 Å². The minimum Gasteiger partial charge on any atom is -0.456 e. The third-order valence-corrected chi connectivity index (χ3v) is 8.37. The number of benzene rings is 5. The smallest absolute Gasteiger partial charge is 0.161 e. The number of aryl methyl sites for hydroxylation is 1. The number of furan rings is 1. The minimum absolute atomic E-state index is 0.503. The topological polar surface area (TPSA) is 50.2 Å². The maximum atomic E-state index is 6.18. The molecule has 0 amide bonds. The Bertz CT molecular complexity index is 2120. The molecule has 40 heavy (non-hydrogen) atoms. The molecule has 0 spiro atoms. The van der Waals surface area contributed by atoms with Gasteiger partial charge in [-0.3, -0.25) is 4.99 Å². The van der Waals surface area contributed by atoms with Crippen LogP contribution in [0.25, 0.3) is 42.1 Å². The van der Waals surface area contributed by atoms with E-state index in [4.69, 9.17) is 14.4 Å². The van der Waals surface area contributed by atoms with Crippen molar-refractivity contribution in [2.45, 2.75) is 13.5 Å². The molecule has 0 aliphatic heterocycles. The van der Waals surface area contributed by atoms with Gasteiger partial charge in [0.05, 0.1) is 6.54 Å². The van der Waals surface area contributed by atoms with E-state index in [0.717, 1.165) is 48.9 Å². The van der Waals surface area contributed by atoms with Crippen LogP contribution in [0.3, 0.4) is 0 Å². The van der Waals surface area contributed by atoms with E-state index in [1.54, 1.807) is 11.3 Å². The summed E-state index contributed by atoms with van der Waals surface area (Å²) < 4.78 is 8.58. The zero-order chi connectivity index (χ0) is 27.1. The molecule has 7 rings (SSSR count). The van der Waals surface area contributed by atoms with Gasteiger partial charge in [0.25, 0.3) is 0 Å².